The number of phenolic OH excluding ortho intramolecular Hbond substituents is 1. The number of H-pyrrole nitrogens is 1. The normalized spacial score (nSPS) is 16.1. The van der Waals surface area contributed by atoms with E-state index in [4.69, 9.17) is 10.5 Å². The number of nitrogens with one attached hydrogen (secondary N) is 1. The van der Waals surface area contributed by atoms with E-state index in [1.807, 2.05) is 6.07 Å². The number of amides is 1. The van der Waals surface area contributed by atoms with Crippen molar-refractivity contribution in [3.63, 3.8) is 0 Å². The first-order valence-electron chi connectivity index (χ1n) is 10.6. The highest BCUT2D eigenvalue weighted by molar-refractivity contribution is 5.78. The summed E-state index contributed by atoms with van der Waals surface area (Å²) in [5, 5.41) is 9.76. The molecule has 2 heterocycles. The topological polar surface area (TPSA) is 122 Å². The Morgan fingerprint density at radius 1 is 1.25 bits per heavy atom. The number of aromatic nitrogens is 2. The van der Waals surface area contributed by atoms with Gasteiger partial charge in [-0.2, -0.15) is 4.98 Å². The van der Waals surface area contributed by atoms with E-state index in [9.17, 15) is 14.7 Å². The largest absolute Gasteiger partial charge is 0.508 e. The summed E-state index contributed by atoms with van der Waals surface area (Å²) >= 11 is 0. The number of piperidine rings is 1. The van der Waals surface area contributed by atoms with E-state index in [1.54, 1.807) is 54.3 Å². The summed E-state index contributed by atoms with van der Waals surface area (Å²) in [7, 11) is 0. The van der Waals surface area contributed by atoms with Crippen molar-refractivity contribution < 1.29 is 14.6 Å². The second-order valence-electron chi connectivity index (χ2n) is 8.05. The molecule has 166 valence electrons. The molecule has 0 aliphatic carbocycles. The summed E-state index contributed by atoms with van der Waals surface area (Å²) < 4.78 is 5.72. The first-order valence-corrected chi connectivity index (χ1v) is 10.6. The lowest BCUT2D eigenvalue weighted by molar-refractivity contribution is -0.134. The van der Waals surface area contributed by atoms with Crippen LogP contribution in [0.4, 0.5) is 0 Å². The Balaban J connectivity index is 1.53. The minimum atomic E-state index is -0.480. The highest BCUT2D eigenvalue weighted by Gasteiger charge is 2.21. The van der Waals surface area contributed by atoms with E-state index in [2.05, 4.69) is 9.97 Å². The van der Waals surface area contributed by atoms with Gasteiger partial charge in [0.25, 0.3) is 5.91 Å². The Morgan fingerprint density at radius 3 is 2.88 bits per heavy atom. The molecule has 0 spiro atoms. The number of hydrogen-bond acceptors (Lipinski definition) is 6. The van der Waals surface area contributed by atoms with Gasteiger partial charge in [-0.15, -0.1) is 0 Å². The molecule has 4 rings (SSSR count). The molecule has 1 aromatic heterocycles. The van der Waals surface area contributed by atoms with Crippen molar-refractivity contribution in [3.05, 3.63) is 64.6 Å². The minimum absolute atomic E-state index is 0.0184. The molecule has 1 unspecified atom stereocenters. The predicted octanol–water partition coefficient (Wildman–Crippen LogP) is 2.45. The summed E-state index contributed by atoms with van der Waals surface area (Å²) in [6.45, 7) is 2.97. The lowest BCUT2D eigenvalue weighted by atomic mass is 10.1. The van der Waals surface area contributed by atoms with E-state index in [-0.39, 0.29) is 24.3 Å². The minimum Gasteiger partial charge on any atom is -0.508 e. The van der Waals surface area contributed by atoms with Gasteiger partial charge >= 0.3 is 5.69 Å². The number of hydrogen-bond donors (Lipinski definition) is 3. The van der Waals surface area contributed by atoms with Crippen LogP contribution >= 0.6 is 0 Å². The molecule has 0 radical (unpaired) electrons. The standard InChI is InChI=1S/C24H26N4O4/c1-15-10-17(7-8-22(15)29)21-12-20(26-24(31)27-21)16-4-2-6-19(11-16)32-14-23(30)28-9-3-5-18(25)13-28/h2,4,6-8,10-12,18,29H,3,5,9,13-14,25H2,1H3,(H,26,27,31). The van der Waals surface area contributed by atoms with Crippen LogP contribution in [0, 0.1) is 6.92 Å². The highest BCUT2D eigenvalue weighted by Crippen LogP contribution is 2.27. The lowest BCUT2D eigenvalue weighted by Crippen LogP contribution is -2.47. The summed E-state index contributed by atoms with van der Waals surface area (Å²) in [4.78, 5) is 33.2. The van der Waals surface area contributed by atoms with Crippen LogP contribution in [0.15, 0.2) is 53.3 Å². The predicted molar refractivity (Wildman–Crippen MR) is 121 cm³/mol. The number of aryl methyl sites for hydroxylation is 1. The summed E-state index contributed by atoms with van der Waals surface area (Å²) in [6, 6.07) is 14.0. The third kappa shape index (κ3) is 4.97. The molecule has 1 fully saturated rings. The van der Waals surface area contributed by atoms with Crippen molar-refractivity contribution in [2.24, 2.45) is 5.73 Å². The number of nitrogens with zero attached hydrogens (tertiary/aromatic N) is 2. The van der Waals surface area contributed by atoms with E-state index in [0.29, 0.717) is 41.4 Å². The maximum Gasteiger partial charge on any atom is 0.345 e. The Morgan fingerprint density at radius 2 is 2.09 bits per heavy atom. The van der Waals surface area contributed by atoms with Crippen LogP contribution in [0.5, 0.6) is 11.5 Å². The molecule has 4 N–H and O–H groups in total. The molecular weight excluding hydrogens is 408 g/mol. The van der Waals surface area contributed by atoms with E-state index >= 15 is 0 Å². The third-order valence-corrected chi connectivity index (χ3v) is 5.56. The zero-order valence-corrected chi connectivity index (χ0v) is 17.9. The number of likely N-dealkylation sites (tertiary alicyclic amines) is 1. The fraction of sp³-hybridized carbons (Fsp3) is 0.292. The van der Waals surface area contributed by atoms with Gasteiger partial charge in [0, 0.05) is 24.7 Å². The fourth-order valence-corrected chi connectivity index (χ4v) is 3.80. The molecule has 2 aromatic carbocycles. The summed E-state index contributed by atoms with van der Waals surface area (Å²) in [5.74, 6) is 0.613. The maximum absolute atomic E-state index is 12.4. The molecule has 1 atom stereocenters. The second kappa shape index (κ2) is 9.23. The number of phenols is 1. The third-order valence-electron chi connectivity index (χ3n) is 5.56. The van der Waals surface area contributed by atoms with Gasteiger partial charge in [0.1, 0.15) is 11.5 Å². The first-order chi connectivity index (χ1) is 15.4. The number of nitrogens with two attached hydrogens (primary N) is 1. The SMILES string of the molecule is Cc1cc(-c2cc(-c3cccc(OCC(=O)N4CCCC(N)C4)c3)nc(=O)[nH]2)ccc1O. The van der Waals surface area contributed by atoms with Crippen LogP contribution in [0.3, 0.4) is 0 Å². The fourth-order valence-electron chi connectivity index (χ4n) is 3.80. The average Bonchev–Trinajstić information content (AvgIpc) is 2.79. The molecular formula is C24H26N4O4. The number of rotatable bonds is 5. The van der Waals surface area contributed by atoms with Crippen molar-refractivity contribution in [1.82, 2.24) is 14.9 Å². The van der Waals surface area contributed by atoms with Crippen LogP contribution in [0.2, 0.25) is 0 Å². The van der Waals surface area contributed by atoms with E-state index < -0.39 is 5.69 Å². The highest BCUT2D eigenvalue weighted by atomic mass is 16.5. The van der Waals surface area contributed by atoms with Gasteiger partial charge in [-0.05, 0) is 67.3 Å². The molecule has 32 heavy (non-hydrogen) atoms. The maximum atomic E-state index is 12.4. The van der Waals surface area contributed by atoms with Crippen molar-refractivity contribution in [1.29, 1.82) is 0 Å². The monoisotopic (exact) mass is 434 g/mol. The lowest BCUT2D eigenvalue weighted by Gasteiger charge is -2.30. The first kappa shape index (κ1) is 21.6. The van der Waals surface area contributed by atoms with Crippen molar-refractivity contribution in [2.75, 3.05) is 19.7 Å². The van der Waals surface area contributed by atoms with E-state index in [1.165, 1.54) is 0 Å². The van der Waals surface area contributed by atoms with Crippen molar-refractivity contribution in [2.45, 2.75) is 25.8 Å². The second-order valence-corrected chi connectivity index (χ2v) is 8.05. The molecule has 0 saturated carbocycles. The van der Waals surface area contributed by atoms with Gasteiger partial charge in [0.05, 0.1) is 11.4 Å². The Kier molecular flexibility index (Phi) is 6.23. The van der Waals surface area contributed by atoms with Crippen LogP contribution in [-0.2, 0) is 4.79 Å². The van der Waals surface area contributed by atoms with Gasteiger partial charge in [0.15, 0.2) is 6.61 Å². The molecule has 8 heteroatoms. The molecule has 1 aliphatic heterocycles. The van der Waals surface area contributed by atoms with Gasteiger partial charge < -0.3 is 25.5 Å². The van der Waals surface area contributed by atoms with Crippen LogP contribution in [0.25, 0.3) is 22.5 Å². The number of carbonyl (C=O) groups is 1. The molecule has 3 aromatic rings. The molecule has 0 bridgehead atoms. The molecule has 1 saturated heterocycles. The molecule has 8 nitrogen and oxygen atoms in total. The Bertz CT molecular complexity index is 1190. The zero-order chi connectivity index (χ0) is 22.7. The number of carbonyl (C=O) groups excluding carboxylic acids is 1. The summed E-state index contributed by atoms with van der Waals surface area (Å²) in [5.41, 5.74) is 8.70. The van der Waals surface area contributed by atoms with Crippen molar-refractivity contribution >= 4 is 5.91 Å². The van der Waals surface area contributed by atoms with Crippen LogP contribution in [-0.4, -0.2) is 51.6 Å². The number of ether oxygens (including phenoxy) is 1. The average molecular weight is 434 g/mol. The number of benzene rings is 2. The summed E-state index contributed by atoms with van der Waals surface area (Å²) in [6.07, 6.45) is 1.83. The Labute approximate surface area is 185 Å². The van der Waals surface area contributed by atoms with Crippen molar-refractivity contribution in [3.8, 4) is 34.0 Å². The van der Waals surface area contributed by atoms with Crippen LogP contribution < -0.4 is 16.2 Å². The molecule has 1 amide bonds. The zero-order valence-electron chi connectivity index (χ0n) is 17.9. The Hall–Kier alpha value is -3.65. The number of aromatic hydroxyl groups is 1. The van der Waals surface area contributed by atoms with Gasteiger partial charge in [0.2, 0.25) is 0 Å². The molecule has 1 aliphatic rings. The van der Waals surface area contributed by atoms with Crippen LogP contribution in [0.1, 0.15) is 18.4 Å². The van der Waals surface area contributed by atoms with Gasteiger partial charge in [-0.25, -0.2) is 4.79 Å². The smallest absolute Gasteiger partial charge is 0.345 e. The quantitative estimate of drug-likeness (QED) is 0.567. The van der Waals surface area contributed by atoms with Gasteiger partial charge in [-0.1, -0.05) is 12.1 Å². The van der Waals surface area contributed by atoms with E-state index in [0.717, 1.165) is 18.4 Å². The number of aromatic amines is 1. The van der Waals surface area contributed by atoms with Gasteiger partial charge in [-0.3, -0.25) is 4.79 Å².